The van der Waals surface area contributed by atoms with Crippen molar-refractivity contribution in [2.75, 3.05) is 20.1 Å². The number of amides is 2. The summed E-state index contributed by atoms with van der Waals surface area (Å²) < 4.78 is 0. The Balaban J connectivity index is 1.66. The van der Waals surface area contributed by atoms with Crippen molar-refractivity contribution < 1.29 is 9.59 Å². The van der Waals surface area contributed by atoms with Crippen LogP contribution in [0.25, 0.3) is 0 Å². The molecule has 1 saturated carbocycles. The van der Waals surface area contributed by atoms with Gasteiger partial charge in [0.15, 0.2) is 0 Å². The van der Waals surface area contributed by atoms with Crippen molar-refractivity contribution in [1.29, 1.82) is 0 Å². The maximum atomic E-state index is 13.1. The molecule has 3 aliphatic rings. The topological polar surface area (TPSA) is 43.9 Å². The van der Waals surface area contributed by atoms with Gasteiger partial charge in [-0.05, 0) is 52.0 Å². The van der Waals surface area contributed by atoms with E-state index in [2.05, 4.69) is 11.8 Å². The maximum absolute atomic E-state index is 13.1. The van der Waals surface area contributed by atoms with Crippen LogP contribution in [0.5, 0.6) is 0 Å². The predicted molar refractivity (Wildman–Crippen MR) is 99.2 cm³/mol. The second kappa shape index (κ2) is 8.07. The van der Waals surface area contributed by atoms with Crippen LogP contribution in [0.2, 0.25) is 0 Å². The van der Waals surface area contributed by atoms with Crippen LogP contribution in [0, 0.1) is 0 Å². The second-order valence-corrected chi connectivity index (χ2v) is 8.29. The lowest BCUT2D eigenvalue weighted by Gasteiger charge is -2.40. The van der Waals surface area contributed by atoms with Crippen LogP contribution >= 0.6 is 0 Å². The van der Waals surface area contributed by atoms with Gasteiger partial charge in [-0.2, -0.15) is 0 Å². The number of hydrogen-bond acceptors (Lipinski definition) is 3. The highest BCUT2D eigenvalue weighted by atomic mass is 16.2. The summed E-state index contributed by atoms with van der Waals surface area (Å²) in [5.41, 5.74) is 0. The average molecular weight is 350 g/mol. The van der Waals surface area contributed by atoms with E-state index in [4.69, 9.17) is 0 Å². The van der Waals surface area contributed by atoms with Crippen molar-refractivity contribution in [1.82, 2.24) is 14.7 Å². The van der Waals surface area contributed by atoms with Crippen molar-refractivity contribution in [2.45, 2.75) is 95.8 Å². The minimum Gasteiger partial charge on any atom is -0.341 e. The molecule has 5 heteroatoms. The first-order chi connectivity index (χ1) is 12.0. The van der Waals surface area contributed by atoms with Gasteiger partial charge in [0.1, 0.15) is 0 Å². The standard InChI is InChI=1S/C20H35N3O2/c1-15(20(25)21(3)17-9-5-4-6-10-17)22-13-7-11-18(22)19-12-8-14-23(19)16(2)24/h15,17-19H,4-14H2,1-3H3/t15-,18+,19-/m1/s1. The lowest BCUT2D eigenvalue weighted by molar-refractivity contribution is -0.139. The molecule has 5 nitrogen and oxygen atoms in total. The monoisotopic (exact) mass is 349 g/mol. The summed E-state index contributed by atoms with van der Waals surface area (Å²) in [6, 6.07) is 0.999. The number of carbonyl (C=O) groups excluding carboxylic acids is 2. The molecule has 0 aromatic carbocycles. The molecule has 2 heterocycles. The number of likely N-dealkylation sites (tertiary alicyclic amines) is 2. The fourth-order valence-electron chi connectivity index (χ4n) is 5.38. The molecule has 0 aromatic rings. The normalized spacial score (nSPS) is 29.8. The number of hydrogen-bond donors (Lipinski definition) is 0. The van der Waals surface area contributed by atoms with Gasteiger partial charge in [0.05, 0.1) is 6.04 Å². The predicted octanol–water partition coefficient (Wildman–Crippen LogP) is 2.64. The molecule has 0 spiro atoms. The molecule has 2 saturated heterocycles. The molecule has 0 aromatic heterocycles. The molecule has 0 unspecified atom stereocenters. The third-order valence-corrected chi connectivity index (χ3v) is 6.81. The van der Waals surface area contributed by atoms with Gasteiger partial charge in [-0.1, -0.05) is 19.3 Å². The fourth-order valence-corrected chi connectivity index (χ4v) is 5.38. The van der Waals surface area contributed by atoms with Gasteiger partial charge in [-0.25, -0.2) is 0 Å². The maximum Gasteiger partial charge on any atom is 0.239 e. The molecule has 0 radical (unpaired) electrons. The fraction of sp³-hybridized carbons (Fsp3) is 0.900. The Morgan fingerprint density at radius 1 is 0.920 bits per heavy atom. The zero-order chi connectivity index (χ0) is 18.0. The first-order valence-corrected chi connectivity index (χ1v) is 10.3. The number of carbonyl (C=O) groups is 2. The van der Waals surface area contributed by atoms with Gasteiger partial charge >= 0.3 is 0 Å². The van der Waals surface area contributed by atoms with Crippen LogP contribution in [-0.2, 0) is 9.59 Å². The van der Waals surface area contributed by atoms with Gasteiger partial charge in [-0.15, -0.1) is 0 Å². The molecule has 1 aliphatic carbocycles. The second-order valence-electron chi connectivity index (χ2n) is 8.29. The Morgan fingerprint density at radius 3 is 2.24 bits per heavy atom. The van der Waals surface area contributed by atoms with E-state index < -0.39 is 0 Å². The summed E-state index contributed by atoms with van der Waals surface area (Å²) in [5, 5.41) is 0. The van der Waals surface area contributed by atoms with E-state index in [0.29, 0.717) is 18.1 Å². The zero-order valence-corrected chi connectivity index (χ0v) is 16.2. The first kappa shape index (κ1) is 18.7. The van der Waals surface area contributed by atoms with Crippen molar-refractivity contribution in [3.05, 3.63) is 0 Å². The highest BCUT2D eigenvalue weighted by Crippen LogP contribution is 2.32. The van der Waals surface area contributed by atoms with E-state index in [1.54, 1.807) is 6.92 Å². The highest BCUT2D eigenvalue weighted by molar-refractivity contribution is 5.81. The molecule has 0 N–H and O–H groups in total. The largest absolute Gasteiger partial charge is 0.341 e. The van der Waals surface area contributed by atoms with E-state index in [0.717, 1.165) is 51.6 Å². The van der Waals surface area contributed by atoms with Crippen molar-refractivity contribution in [3.63, 3.8) is 0 Å². The molecule has 142 valence electrons. The summed E-state index contributed by atoms with van der Waals surface area (Å²) in [4.78, 5) is 31.5. The minimum atomic E-state index is -0.0752. The lowest BCUT2D eigenvalue weighted by atomic mass is 9.94. The van der Waals surface area contributed by atoms with Crippen molar-refractivity contribution >= 4 is 11.8 Å². The van der Waals surface area contributed by atoms with Crippen LogP contribution in [-0.4, -0.2) is 70.8 Å². The Morgan fingerprint density at radius 2 is 1.56 bits per heavy atom. The summed E-state index contributed by atoms with van der Waals surface area (Å²) in [6.45, 7) is 5.63. The van der Waals surface area contributed by atoms with Crippen LogP contribution < -0.4 is 0 Å². The van der Waals surface area contributed by atoms with Crippen molar-refractivity contribution in [3.8, 4) is 0 Å². The van der Waals surface area contributed by atoms with Gasteiger partial charge < -0.3 is 9.80 Å². The van der Waals surface area contributed by atoms with Gasteiger partial charge in [0, 0.05) is 38.6 Å². The Bertz CT molecular complexity index is 489. The Hall–Kier alpha value is -1.10. The summed E-state index contributed by atoms with van der Waals surface area (Å²) in [7, 11) is 2.00. The minimum absolute atomic E-state index is 0.0752. The quantitative estimate of drug-likeness (QED) is 0.784. The van der Waals surface area contributed by atoms with Gasteiger partial charge in [0.2, 0.25) is 11.8 Å². The zero-order valence-electron chi connectivity index (χ0n) is 16.2. The van der Waals surface area contributed by atoms with E-state index in [1.165, 1.54) is 19.3 Å². The molecule has 3 atom stereocenters. The molecule has 0 bridgehead atoms. The molecular formula is C20H35N3O2. The van der Waals surface area contributed by atoms with Crippen LogP contribution in [0.3, 0.4) is 0 Å². The van der Waals surface area contributed by atoms with E-state index in [1.807, 2.05) is 16.8 Å². The molecule has 2 amide bonds. The first-order valence-electron chi connectivity index (χ1n) is 10.3. The van der Waals surface area contributed by atoms with E-state index in [-0.39, 0.29) is 17.9 Å². The van der Waals surface area contributed by atoms with Crippen LogP contribution in [0.15, 0.2) is 0 Å². The highest BCUT2D eigenvalue weighted by Gasteiger charge is 2.42. The summed E-state index contributed by atoms with van der Waals surface area (Å²) in [6.07, 6.45) is 10.5. The smallest absolute Gasteiger partial charge is 0.239 e. The van der Waals surface area contributed by atoms with Gasteiger partial charge in [-0.3, -0.25) is 14.5 Å². The van der Waals surface area contributed by atoms with Crippen LogP contribution in [0.1, 0.15) is 71.6 Å². The van der Waals surface area contributed by atoms with Gasteiger partial charge in [0.25, 0.3) is 0 Å². The Kier molecular flexibility index (Phi) is 6.03. The molecule has 3 fully saturated rings. The molecule has 25 heavy (non-hydrogen) atoms. The van der Waals surface area contributed by atoms with E-state index >= 15 is 0 Å². The van der Waals surface area contributed by atoms with E-state index in [9.17, 15) is 9.59 Å². The van der Waals surface area contributed by atoms with Crippen molar-refractivity contribution in [2.24, 2.45) is 0 Å². The SMILES string of the molecule is CC(=O)N1CCC[C@@H]1[C@@H]1CCCN1[C@H](C)C(=O)N(C)C1CCCCC1. The average Bonchev–Trinajstić information content (AvgIpc) is 3.29. The third kappa shape index (κ3) is 3.86. The third-order valence-electron chi connectivity index (χ3n) is 6.81. The number of rotatable bonds is 4. The Labute approximate surface area is 152 Å². The molecule has 2 aliphatic heterocycles. The number of nitrogens with zero attached hydrogens (tertiary/aromatic N) is 3. The summed E-state index contributed by atoms with van der Waals surface area (Å²) >= 11 is 0. The number of likely N-dealkylation sites (N-methyl/N-ethyl adjacent to an activating group) is 1. The lowest BCUT2D eigenvalue weighted by Crippen LogP contribution is -2.55. The van der Waals surface area contributed by atoms with Crippen LogP contribution in [0.4, 0.5) is 0 Å². The molecular weight excluding hydrogens is 314 g/mol. The molecule has 3 rings (SSSR count). The summed E-state index contributed by atoms with van der Waals surface area (Å²) in [5.74, 6) is 0.457.